The van der Waals surface area contributed by atoms with E-state index in [1.54, 1.807) is 13.0 Å². The monoisotopic (exact) mass is 433 g/mol. The molecule has 29 heavy (non-hydrogen) atoms. The molecule has 0 saturated carbocycles. The van der Waals surface area contributed by atoms with Crippen molar-refractivity contribution in [3.05, 3.63) is 42.1 Å². The minimum Gasteiger partial charge on any atom is -0.476 e. The Morgan fingerprint density at radius 2 is 1.83 bits per heavy atom. The van der Waals surface area contributed by atoms with Crippen LogP contribution in [-0.2, 0) is 10.0 Å². The van der Waals surface area contributed by atoms with Crippen LogP contribution in [0.3, 0.4) is 0 Å². The first kappa shape index (κ1) is 22.8. The summed E-state index contributed by atoms with van der Waals surface area (Å²) in [6.07, 6.45) is -2.51. The van der Waals surface area contributed by atoms with Crippen LogP contribution in [0.4, 0.5) is 18.9 Å². The summed E-state index contributed by atoms with van der Waals surface area (Å²) in [5, 5.41) is 3.18. The molecule has 0 aliphatic heterocycles. The minimum absolute atomic E-state index is 0.214. The highest BCUT2D eigenvalue weighted by Crippen LogP contribution is 2.26. The van der Waals surface area contributed by atoms with Crippen molar-refractivity contribution in [3.63, 3.8) is 0 Å². The Morgan fingerprint density at radius 1 is 1.14 bits per heavy atom. The molecule has 1 heterocycles. The summed E-state index contributed by atoms with van der Waals surface area (Å²) < 4.78 is 73.1. The molecular weight excluding hydrogens is 411 g/mol. The Labute approximate surface area is 167 Å². The van der Waals surface area contributed by atoms with Crippen LogP contribution in [0.5, 0.6) is 11.6 Å². The topological polar surface area (TPSA) is 89.6 Å². The number of pyridine rings is 1. The predicted molar refractivity (Wildman–Crippen MR) is 102 cm³/mol. The highest BCUT2D eigenvalue weighted by Gasteiger charge is 2.31. The van der Waals surface area contributed by atoms with Crippen LogP contribution in [0, 0.1) is 6.92 Å². The number of anilines is 1. The number of hydrogen-bond donors (Lipinski definition) is 2. The van der Waals surface area contributed by atoms with Gasteiger partial charge in [0.05, 0.1) is 16.8 Å². The zero-order valence-electron chi connectivity index (χ0n) is 15.9. The van der Waals surface area contributed by atoms with E-state index in [0.29, 0.717) is 24.6 Å². The number of alkyl halides is 3. The third-order valence-electron chi connectivity index (χ3n) is 3.65. The first-order chi connectivity index (χ1) is 13.6. The van der Waals surface area contributed by atoms with Crippen LogP contribution in [0.2, 0.25) is 0 Å². The van der Waals surface area contributed by atoms with Gasteiger partial charge in [0, 0.05) is 12.6 Å². The van der Waals surface area contributed by atoms with Crippen molar-refractivity contribution < 1.29 is 31.1 Å². The molecule has 0 spiro atoms. The fourth-order valence-corrected chi connectivity index (χ4v) is 3.39. The zero-order chi connectivity index (χ0) is 21.5. The molecular formula is C18H22F3N3O4S. The number of halogens is 3. The van der Waals surface area contributed by atoms with Crippen molar-refractivity contribution in [3.8, 4) is 11.6 Å². The number of benzene rings is 1. The van der Waals surface area contributed by atoms with Gasteiger partial charge in [0.25, 0.3) is 10.0 Å². The summed E-state index contributed by atoms with van der Waals surface area (Å²) in [7, 11) is -4.01. The number of ether oxygens (including phenoxy) is 2. The zero-order valence-corrected chi connectivity index (χ0v) is 16.7. The number of aryl methyl sites for hydroxylation is 1. The third kappa shape index (κ3) is 7.42. The van der Waals surface area contributed by atoms with E-state index in [1.165, 1.54) is 6.20 Å². The second-order valence-corrected chi connectivity index (χ2v) is 7.74. The Hall–Kier alpha value is -2.53. The molecule has 11 heteroatoms. The van der Waals surface area contributed by atoms with Crippen molar-refractivity contribution in [1.82, 2.24) is 10.3 Å². The molecule has 1 aromatic heterocycles. The number of sulfonamides is 1. The summed E-state index contributed by atoms with van der Waals surface area (Å²) >= 11 is 0. The van der Waals surface area contributed by atoms with Crippen LogP contribution >= 0.6 is 0 Å². The average Bonchev–Trinajstić information content (AvgIpc) is 2.63. The van der Waals surface area contributed by atoms with Gasteiger partial charge in [-0.1, -0.05) is 6.92 Å². The lowest BCUT2D eigenvalue weighted by Gasteiger charge is -2.13. The van der Waals surface area contributed by atoms with Crippen LogP contribution < -0.4 is 19.5 Å². The first-order valence-corrected chi connectivity index (χ1v) is 10.3. The van der Waals surface area contributed by atoms with Crippen molar-refractivity contribution in [2.45, 2.75) is 31.5 Å². The van der Waals surface area contributed by atoms with Gasteiger partial charge in [0.1, 0.15) is 12.4 Å². The van der Waals surface area contributed by atoms with Crippen molar-refractivity contribution in [2.75, 3.05) is 24.4 Å². The number of hydrogen-bond acceptors (Lipinski definition) is 6. The first-order valence-electron chi connectivity index (χ1n) is 8.79. The lowest BCUT2D eigenvalue weighted by atomic mass is 10.2. The second-order valence-electron chi connectivity index (χ2n) is 6.06. The van der Waals surface area contributed by atoms with Gasteiger partial charge in [-0.3, -0.25) is 4.72 Å². The van der Waals surface area contributed by atoms with Gasteiger partial charge in [-0.25, -0.2) is 13.4 Å². The minimum atomic E-state index is -4.85. The molecule has 2 N–H and O–H groups in total. The van der Waals surface area contributed by atoms with E-state index < -0.39 is 22.1 Å². The molecule has 0 atom stereocenters. The number of nitrogens with one attached hydrogen (secondary N) is 2. The van der Waals surface area contributed by atoms with Crippen molar-refractivity contribution >= 4 is 15.7 Å². The molecule has 0 fully saturated rings. The van der Waals surface area contributed by atoms with Crippen LogP contribution in [0.25, 0.3) is 0 Å². The van der Waals surface area contributed by atoms with Crippen molar-refractivity contribution in [2.24, 2.45) is 0 Å². The van der Waals surface area contributed by atoms with Gasteiger partial charge in [-0.05, 0) is 49.7 Å². The molecule has 0 unspecified atom stereocenters. The van der Waals surface area contributed by atoms with Crippen LogP contribution in [0.15, 0.2) is 41.4 Å². The average molecular weight is 433 g/mol. The number of nitrogens with zero attached hydrogens (tertiary/aromatic N) is 1. The van der Waals surface area contributed by atoms with E-state index in [9.17, 15) is 21.6 Å². The van der Waals surface area contributed by atoms with Gasteiger partial charge < -0.3 is 14.8 Å². The molecule has 0 bridgehead atoms. The van der Waals surface area contributed by atoms with E-state index in [-0.39, 0.29) is 10.6 Å². The van der Waals surface area contributed by atoms with E-state index in [2.05, 4.69) is 26.7 Å². The lowest BCUT2D eigenvalue weighted by molar-refractivity contribution is -0.274. The van der Waals surface area contributed by atoms with E-state index in [4.69, 9.17) is 4.74 Å². The molecule has 0 radical (unpaired) electrons. The SMILES string of the molecule is CCCNCCOc1cc(C)c(NS(=O)(=O)c2ccc(OC(F)(F)F)cc2)cn1. The molecule has 160 valence electrons. The van der Waals surface area contributed by atoms with E-state index >= 15 is 0 Å². The Bertz CT molecular complexity index is 904. The van der Waals surface area contributed by atoms with Crippen molar-refractivity contribution in [1.29, 1.82) is 0 Å². The maximum atomic E-state index is 12.5. The molecule has 0 aliphatic carbocycles. The molecule has 2 aromatic rings. The summed E-state index contributed by atoms with van der Waals surface area (Å²) in [5.74, 6) is -0.151. The Morgan fingerprint density at radius 3 is 2.41 bits per heavy atom. The van der Waals surface area contributed by atoms with Crippen LogP contribution in [-0.4, -0.2) is 39.5 Å². The molecule has 0 aliphatic rings. The highest BCUT2D eigenvalue weighted by atomic mass is 32.2. The molecule has 7 nitrogen and oxygen atoms in total. The van der Waals surface area contributed by atoms with E-state index in [0.717, 1.165) is 37.2 Å². The van der Waals surface area contributed by atoms with Gasteiger partial charge >= 0.3 is 6.36 Å². The van der Waals surface area contributed by atoms with Gasteiger partial charge in [0.2, 0.25) is 5.88 Å². The lowest BCUT2D eigenvalue weighted by Crippen LogP contribution is -2.21. The predicted octanol–water partition coefficient (Wildman–Crippen LogP) is 3.47. The summed E-state index contributed by atoms with van der Waals surface area (Å²) in [5.41, 5.74) is 0.814. The second kappa shape index (κ2) is 9.79. The fourth-order valence-electron chi connectivity index (χ4n) is 2.27. The standard InChI is InChI=1S/C18H22F3N3O4S/c1-3-8-22-9-10-27-17-11-13(2)16(12-23-17)24-29(25,26)15-6-4-14(5-7-15)28-18(19,20)21/h4-7,11-12,22,24H,3,8-10H2,1-2H3. The third-order valence-corrected chi connectivity index (χ3v) is 5.03. The smallest absolute Gasteiger partial charge is 0.476 e. The molecule has 0 amide bonds. The molecule has 2 rings (SSSR count). The summed E-state index contributed by atoms with van der Waals surface area (Å²) in [6, 6.07) is 5.49. The number of rotatable bonds is 10. The summed E-state index contributed by atoms with van der Waals surface area (Å²) in [6.45, 7) is 5.71. The van der Waals surface area contributed by atoms with Crippen LogP contribution in [0.1, 0.15) is 18.9 Å². The maximum absolute atomic E-state index is 12.5. The molecule has 0 saturated heterocycles. The fraction of sp³-hybridized carbons (Fsp3) is 0.389. The Kier molecular flexibility index (Phi) is 7.68. The highest BCUT2D eigenvalue weighted by molar-refractivity contribution is 7.92. The van der Waals surface area contributed by atoms with Gasteiger partial charge in [-0.15, -0.1) is 13.2 Å². The largest absolute Gasteiger partial charge is 0.573 e. The van der Waals surface area contributed by atoms with Gasteiger partial charge in [0.15, 0.2) is 0 Å². The molecule has 1 aromatic carbocycles. The van der Waals surface area contributed by atoms with Gasteiger partial charge in [-0.2, -0.15) is 0 Å². The number of aromatic nitrogens is 1. The van der Waals surface area contributed by atoms with E-state index in [1.807, 2.05) is 0 Å². The maximum Gasteiger partial charge on any atom is 0.573 e. The summed E-state index contributed by atoms with van der Waals surface area (Å²) in [4.78, 5) is 3.85. The Balaban J connectivity index is 2.02. The normalized spacial score (nSPS) is 11.9. The quantitative estimate of drug-likeness (QED) is 0.558.